The van der Waals surface area contributed by atoms with Crippen molar-refractivity contribution in [3.8, 4) is 0 Å². The van der Waals surface area contributed by atoms with E-state index in [0.29, 0.717) is 0 Å². The zero-order valence-electron chi connectivity index (χ0n) is 3.03. The maximum absolute atomic E-state index is 7.97. The van der Waals surface area contributed by atoms with Gasteiger partial charge in [0.1, 0.15) is 6.35 Å². The molecule has 0 aromatic heterocycles. The lowest BCUT2D eigenvalue weighted by atomic mass is 11.7. The Bertz CT molecular complexity index is 32.0. The van der Waals surface area contributed by atoms with Gasteiger partial charge in [-0.1, -0.05) is 0 Å². The summed E-state index contributed by atoms with van der Waals surface area (Å²) in [6.07, 6.45) is -0.171. The largest absolute Gasteiger partial charge is 0.348 e. The molecule has 0 bridgehead atoms. The highest BCUT2D eigenvalue weighted by Gasteiger charge is 1.91. The van der Waals surface area contributed by atoms with E-state index in [4.69, 9.17) is 9.79 Å². The van der Waals surface area contributed by atoms with E-state index in [1.54, 1.807) is 0 Å². The highest BCUT2D eigenvalue weighted by atomic mass is 31.2. The first-order valence-corrected chi connectivity index (χ1v) is 2.67. The minimum atomic E-state index is -1.95. The van der Waals surface area contributed by atoms with Gasteiger partial charge in [-0.2, -0.15) is 0 Å². The highest BCUT2D eigenvalue weighted by Crippen LogP contribution is 2.20. The highest BCUT2D eigenvalue weighted by molar-refractivity contribution is 7.44. The van der Waals surface area contributed by atoms with Crippen LogP contribution in [0.2, 0.25) is 0 Å². The Morgan fingerprint density at radius 2 is 2.17 bits per heavy atom. The van der Waals surface area contributed by atoms with Gasteiger partial charge in [-0.05, 0) is 0 Å². The average Bonchev–Trinajstić information content (AvgIpc) is 1.35. The second-order valence-electron chi connectivity index (χ2n) is 0.668. The summed E-state index contributed by atoms with van der Waals surface area (Å²) in [4.78, 5) is 19.8. The van der Waals surface area contributed by atoms with Gasteiger partial charge < -0.3 is 9.79 Å². The van der Waals surface area contributed by atoms with Gasteiger partial charge in [0, 0.05) is 0 Å². The van der Waals surface area contributed by atoms with E-state index in [2.05, 4.69) is 10.7 Å². The van der Waals surface area contributed by atoms with Crippen LogP contribution in [0.1, 0.15) is 0 Å². The van der Waals surface area contributed by atoms with E-state index in [1.807, 2.05) is 0 Å². The number of nitrogens with two attached hydrogens (primary N) is 1. The van der Waals surface area contributed by atoms with E-state index in [0.717, 1.165) is 0 Å². The fraction of sp³-hybridized carbons (Fsp3) is 1.00. The third kappa shape index (κ3) is 4.27. The van der Waals surface area contributed by atoms with E-state index in [1.165, 1.54) is 0 Å². The lowest BCUT2D eigenvalue weighted by Crippen LogP contribution is -1.97. The molecule has 0 aromatic carbocycles. The first-order valence-electron chi connectivity index (χ1n) is 1.24. The van der Waals surface area contributed by atoms with Crippen molar-refractivity contribution in [2.75, 3.05) is 6.35 Å². The Labute approximate surface area is 36.4 Å². The molecule has 6 heavy (non-hydrogen) atoms. The molecule has 0 heterocycles. The molecule has 0 saturated carbocycles. The Morgan fingerprint density at radius 3 is 2.17 bits per heavy atom. The summed E-state index contributed by atoms with van der Waals surface area (Å²) in [5, 5.41) is 0. The molecule has 0 unspecified atom stereocenters. The number of hydrogen-bond donors (Lipinski definition) is 3. The Morgan fingerprint density at radius 1 is 1.67 bits per heavy atom. The molecule has 0 aliphatic heterocycles. The van der Waals surface area contributed by atoms with Gasteiger partial charge in [-0.15, -0.1) is 0 Å². The summed E-state index contributed by atoms with van der Waals surface area (Å²) >= 11 is 0. The molecule has 0 aliphatic rings. The predicted molar refractivity (Wildman–Crippen MR) is 21.5 cm³/mol. The lowest BCUT2D eigenvalue weighted by Gasteiger charge is -1.94. The molecular formula is CH6NO3P. The topological polar surface area (TPSA) is 75.7 Å². The summed E-state index contributed by atoms with van der Waals surface area (Å²) in [5.41, 5.74) is 0. The molecule has 0 saturated heterocycles. The van der Waals surface area contributed by atoms with Crippen LogP contribution in [0, 0.1) is 0 Å². The summed E-state index contributed by atoms with van der Waals surface area (Å²) in [6, 6.07) is 0. The van der Waals surface area contributed by atoms with Crippen LogP contribution in [-0.2, 0) is 4.84 Å². The van der Waals surface area contributed by atoms with Gasteiger partial charge in [-0.25, -0.2) is 5.90 Å². The molecule has 0 amide bonds. The third-order valence-electron chi connectivity index (χ3n) is 0.190. The van der Waals surface area contributed by atoms with Gasteiger partial charge in [0.2, 0.25) is 0 Å². The molecule has 38 valence electrons. The maximum Gasteiger partial charge on any atom is 0.194 e. The molecule has 0 spiro atoms. The molecular weight excluding hydrogens is 105 g/mol. The number of rotatable bonds is 2. The molecule has 0 fully saturated rings. The zero-order valence-corrected chi connectivity index (χ0v) is 3.93. The zero-order chi connectivity index (χ0) is 4.99. The molecule has 5 heteroatoms. The van der Waals surface area contributed by atoms with Crippen molar-refractivity contribution in [1.82, 2.24) is 0 Å². The molecule has 0 atom stereocenters. The summed E-state index contributed by atoms with van der Waals surface area (Å²) < 4.78 is 0. The predicted octanol–water partition coefficient (Wildman–Crippen LogP) is -0.869. The van der Waals surface area contributed by atoms with Gasteiger partial charge in [-0.3, -0.25) is 4.84 Å². The molecule has 0 rings (SSSR count). The first-order chi connectivity index (χ1) is 2.77. The van der Waals surface area contributed by atoms with Gasteiger partial charge in [0.25, 0.3) is 0 Å². The quantitative estimate of drug-likeness (QED) is 0.320. The van der Waals surface area contributed by atoms with Crippen LogP contribution < -0.4 is 5.90 Å². The smallest absolute Gasteiger partial charge is 0.194 e. The van der Waals surface area contributed by atoms with Crippen molar-refractivity contribution in [2.24, 2.45) is 5.90 Å². The number of hydrogen-bond acceptors (Lipinski definition) is 4. The Kier molecular flexibility index (Phi) is 3.62. The van der Waals surface area contributed by atoms with Crippen molar-refractivity contribution in [3.05, 3.63) is 0 Å². The Hall–Kier alpha value is 0.270. The van der Waals surface area contributed by atoms with Crippen LogP contribution in [-0.4, -0.2) is 16.1 Å². The van der Waals surface area contributed by atoms with E-state index >= 15 is 0 Å². The van der Waals surface area contributed by atoms with Crippen molar-refractivity contribution < 1.29 is 14.6 Å². The maximum atomic E-state index is 7.97. The van der Waals surface area contributed by atoms with Crippen molar-refractivity contribution in [2.45, 2.75) is 0 Å². The van der Waals surface area contributed by atoms with Crippen LogP contribution in [0.3, 0.4) is 0 Å². The van der Waals surface area contributed by atoms with E-state index < -0.39 is 8.38 Å². The van der Waals surface area contributed by atoms with Crippen molar-refractivity contribution in [3.63, 3.8) is 0 Å². The van der Waals surface area contributed by atoms with Crippen LogP contribution in [0.5, 0.6) is 0 Å². The molecule has 0 aromatic rings. The fourth-order valence-corrected chi connectivity index (χ4v) is 0.200. The minimum Gasteiger partial charge on any atom is -0.348 e. The van der Waals surface area contributed by atoms with E-state index in [9.17, 15) is 0 Å². The normalized spacial score (nSPS) is 10.0. The fourth-order valence-electron chi connectivity index (χ4n) is 0.0667. The SMILES string of the molecule is NOCP(O)O. The van der Waals surface area contributed by atoms with Crippen LogP contribution >= 0.6 is 8.38 Å². The average molecular weight is 111 g/mol. The monoisotopic (exact) mass is 111 g/mol. The Balaban J connectivity index is 2.63. The van der Waals surface area contributed by atoms with Crippen LogP contribution in [0.15, 0.2) is 0 Å². The second-order valence-corrected chi connectivity index (χ2v) is 1.67. The summed E-state index contributed by atoms with van der Waals surface area (Å²) in [7, 11) is -1.95. The second kappa shape index (κ2) is 3.46. The molecule has 0 aliphatic carbocycles. The van der Waals surface area contributed by atoms with Crippen LogP contribution in [0.25, 0.3) is 0 Å². The van der Waals surface area contributed by atoms with Gasteiger partial charge >= 0.3 is 0 Å². The van der Waals surface area contributed by atoms with Crippen molar-refractivity contribution in [1.29, 1.82) is 0 Å². The molecule has 4 N–H and O–H groups in total. The summed E-state index contributed by atoms with van der Waals surface area (Å²) in [5.74, 6) is 4.43. The van der Waals surface area contributed by atoms with E-state index in [-0.39, 0.29) is 6.35 Å². The standard InChI is InChI=1S/CH6NO3P/c2-5-1-6(3)4/h3-4H,1-2H2. The minimum absolute atomic E-state index is 0.171. The summed E-state index contributed by atoms with van der Waals surface area (Å²) in [6.45, 7) is 0. The first kappa shape index (κ1) is 6.27. The lowest BCUT2D eigenvalue weighted by molar-refractivity contribution is 0.173. The van der Waals surface area contributed by atoms with Gasteiger partial charge in [0.15, 0.2) is 8.38 Å². The molecule has 4 nitrogen and oxygen atoms in total. The third-order valence-corrected chi connectivity index (χ3v) is 0.570. The molecule has 0 radical (unpaired) electrons. The van der Waals surface area contributed by atoms with Crippen LogP contribution in [0.4, 0.5) is 0 Å². The van der Waals surface area contributed by atoms with Gasteiger partial charge in [0.05, 0.1) is 0 Å². The van der Waals surface area contributed by atoms with Crippen molar-refractivity contribution >= 4 is 8.38 Å².